The van der Waals surface area contributed by atoms with Crippen LogP contribution in [0.25, 0.3) is 0 Å². The topological polar surface area (TPSA) is 71.8 Å². The molecule has 1 amide bonds. The van der Waals surface area contributed by atoms with Crippen LogP contribution in [0.15, 0.2) is 47.6 Å². The number of halogens is 1. The van der Waals surface area contributed by atoms with Gasteiger partial charge in [-0.05, 0) is 37.1 Å². The van der Waals surface area contributed by atoms with Crippen molar-refractivity contribution in [2.75, 3.05) is 10.7 Å². The highest BCUT2D eigenvalue weighted by Gasteiger charge is 2.37. The lowest BCUT2D eigenvalue weighted by Crippen LogP contribution is -2.41. The second-order valence-corrected chi connectivity index (χ2v) is 8.56. The van der Waals surface area contributed by atoms with Crippen LogP contribution >= 0.6 is 23.4 Å². The molecule has 1 aliphatic rings. The van der Waals surface area contributed by atoms with Crippen LogP contribution < -0.4 is 10.7 Å². The normalized spacial score (nSPS) is 18.1. The number of aromatic nitrogens is 3. The van der Waals surface area contributed by atoms with Crippen molar-refractivity contribution in [3.8, 4) is 0 Å². The molecule has 2 aromatic carbocycles. The fourth-order valence-electron chi connectivity index (χ4n) is 3.30. The third-order valence-corrected chi connectivity index (χ3v) is 6.67. The number of nitrogens with one attached hydrogen (secondary N) is 2. The van der Waals surface area contributed by atoms with Crippen LogP contribution in [0.1, 0.15) is 35.5 Å². The molecule has 29 heavy (non-hydrogen) atoms. The largest absolute Gasteiger partial charge is 0.325 e. The molecule has 0 fully saturated rings. The highest BCUT2D eigenvalue weighted by molar-refractivity contribution is 8.00. The van der Waals surface area contributed by atoms with E-state index in [0.717, 1.165) is 23.4 Å². The summed E-state index contributed by atoms with van der Waals surface area (Å²) in [6.07, 6.45) is 0.750. The van der Waals surface area contributed by atoms with E-state index in [9.17, 15) is 4.79 Å². The zero-order valence-electron chi connectivity index (χ0n) is 16.4. The maximum Gasteiger partial charge on any atom is 0.240 e. The summed E-state index contributed by atoms with van der Waals surface area (Å²) < 4.78 is 1.89. The van der Waals surface area contributed by atoms with Crippen molar-refractivity contribution in [2.45, 2.75) is 43.6 Å². The van der Waals surface area contributed by atoms with Crippen LogP contribution in [0.5, 0.6) is 0 Å². The molecule has 1 aromatic heterocycles. The van der Waals surface area contributed by atoms with Crippen LogP contribution in [0.3, 0.4) is 0 Å². The quantitative estimate of drug-likeness (QED) is 0.641. The van der Waals surface area contributed by atoms with Gasteiger partial charge < -0.3 is 10.7 Å². The van der Waals surface area contributed by atoms with Crippen molar-refractivity contribution >= 4 is 35.0 Å². The standard InChI is InChI=1S/C21H22ClN5OS/c1-4-17-24-25-21-27(17)26-18(14-10-8-12(2)9-11-14)19(29-21)20(28)23-16-7-5-6-15(22)13(16)3/h5-11,18-19,26H,4H2,1-3H3,(H,23,28)/t18-,19-/m0/s1. The number of carbonyl (C=O) groups excluding carboxylic acids is 1. The summed E-state index contributed by atoms with van der Waals surface area (Å²) in [5, 5.41) is 12.4. The average Bonchev–Trinajstić information content (AvgIpc) is 3.13. The molecule has 0 saturated heterocycles. The molecule has 0 spiro atoms. The first-order valence-electron chi connectivity index (χ1n) is 9.48. The number of thioether (sulfide) groups is 1. The average molecular weight is 428 g/mol. The second kappa shape index (κ2) is 8.08. The first-order chi connectivity index (χ1) is 14.0. The van der Waals surface area contributed by atoms with E-state index in [1.165, 1.54) is 17.3 Å². The molecule has 3 aromatic rings. The van der Waals surface area contributed by atoms with Gasteiger partial charge in [-0.1, -0.05) is 66.2 Å². The van der Waals surface area contributed by atoms with Gasteiger partial charge in [-0.3, -0.25) is 4.79 Å². The van der Waals surface area contributed by atoms with Crippen LogP contribution in [0, 0.1) is 13.8 Å². The van der Waals surface area contributed by atoms with Gasteiger partial charge in [0.1, 0.15) is 5.25 Å². The smallest absolute Gasteiger partial charge is 0.240 e. The van der Waals surface area contributed by atoms with Gasteiger partial charge in [0.25, 0.3) is 0 Å². The minimum atomic E-state index is -0.419. The number of carbonyl (C=O) groups is 1. The number of rotatable bonds is 4. The summed E-state index contributed by atoms with van der Waals surface area (Å²) in [7, 11) is 0. The number of amides is 1. The highest BCUT2D eigenvalue weighted by Crippen LogP contribution is 2.38. The number of fused-ring (bicyclic) bond motifs is 1. The van der Waals surface area contributed by atoms with E-state index in [-0.39, 0.29) is 11.9 Å². The number of hydrogen-bond donors (Lipinski definition) is 2. The van der Waals surface area contributed by atoms with Gasteiger partial charge in [-0.2, -0.15) is 0 Å². The van der Waals surface area contributed by atoms with Gasteiger partial charge in [0.2, 0.25) is 11.1 Å². The Morgan fingerprint density at radius 3 is 2.69 bits per heavy atom. The third kappa shape index (κ3) is 3.84. The van der Waals surface area contributed by atoms with Crippen LogP contribution in [-0.4, -0.2) is 26.0 Å². The van der Waals surface area contributed by atoms with E-state index >= 15 is 0 Å². The Kier molecular flexibility index (Phi) is 5.52. The van der Waals surface area contributed by atoms with E-state index in [1.54, 1.807) is 0 Å². The number of anilines is 1. The molecule has 2 N–H and O–H groups in total. The summed E-state index contributed by atoms with van der Waals surface area (Å²) >= 11 is 7.64. The Balaban J connectivity index is 1.69. The summed E-state index contributed by atoms with van der Waals surface area (Å²) in [5.74, 6) is 0.736. The predicted molar refractivity (Wildman–Crippen MR) is 117 cm³/mol. The van der Waals surface area contributed by atoms with Crippen molar-refractivity contribution in [3.05, 3.63) is 70.0 Å². The molecule has 8 heteroatoms. The number of aryl methyl sites for hydroxylation is 2. The van der Waals surface area contributed by atoms with Gasteiger partial charge in [0.15, 0.2) is 5.82 Å². The SMILES string of the molecule is CCc1nnc2n1N[C@@H](c1ccc(C)cc1)[C@@H](C(=O)Nc1cccc(Cl)c1C)S2. The Labute approximate surface area is 179 Å². The minimum Gasteiger partial charge on any atom is -0.325 e. The van der Waals surface area contributed by atoms with E-state index in [2.05, 4.69) is 45.2 Å². The maximum atomic E-state index is 13.3. The minimum absolute atomic E-state index is 0.106. The molecule has 0 unspecified atom stereocenters. The second-order valence-electron chi connectivity index (χ2n) is 7.05. The summed E-state index contributed by atoms with van der Waals surface area (Å²) in [4.78, 5) is 13.3. The lowest BCUT2D eigenvalue weighted by Gasteiger charge is -2.33. The van der Waals surface area contributed by atoms with Crippen molar-refractivity contribution in [1.29, 1.82) is 0 Å². The Morgan fingerprint density at radius 1 is 1.21 bits per heavy atom. The van der Waals surface area contributed by atoms with E-state index in [4.69, 9.17) is 11.6 Å². The number of nitrogens with zero attached hydrogens (tertiary/aromatic N) is 3. The summed E-state index contributed by atoms with van der Waals surface area (Å²) in [6, 6.07) is 13.5. The zero-order valence-corrected chi connectivity index (χ0v) is 18.0. The molecule has 0 aliphatic carbocycles. The molecule has 1 aliphatic heterocycles. The summed E-state index contributed by atoms with van der Waals surface area (Å²) in [6.45, 7) is 5.98. The van der Waals surface area contributed by atoms with E-state index < -0.39 is 5.25 Å². The van der Waals surface area contributed by atoms with Crippen LogP contribution in [0.4, 0.5) is 5.69 Å². The Morgan fingerprint density at radius 2 is 1.97 bits per heavy atom. The molecule has 150 valence electrons. The first-order valence-corrected chi connectivity index (χ1v) is 10.7. The first kappa shape index (κ1) is 19.8. The Hall–Kier alpha value is -2.51. The molecule has 2 atom stereocenters. The monoisotopic (exact) mass is 427 g/mol. The third-order valence-electron chi connectivity index (χ3n) is 5.04. The predicted octanol–water partition coefficient (Wildman–Crippen LogP) is 4.51. The van der Waals surface area contributed by atoms with Gasteiger partial charge >= 0.3 is 0 Å². The highest BCUT2D eigenvalue weighted by atomic mass is 35.5. The van der Waals surface area contributed by atoms with Gasteiger partial charge in [0.05, 0.1) is 6.04 Å². The molecule has 0 bridgehead atoms. The van der Waals surface area contributed by atoms with Crippen molar-refractivity contribution in [3.63, 3.8) is 0 Å². The lowest BCUT2D eigenvalue weighted by atomic mass is 10.0. The molecule has 4 rings (SSSR count). The molecule has 0 saturated carbocycles. The van der Waals surface area contributed by atoms with Crippen molar-refractivity contribution < 1.29 is 4.79 Å². The zero-order chi connectivity index (χ0) is 20.5. The number of benzene rings is 2. The van der Waals surface area contributed by atoms with Gasteiger partial charge in [-0.25, -0.2) is 4.68 Å². The molecular formula is C21H22ClN5OS. The molecule has 2 heterocycles. The fourth-order valence-corrected chi connectivity index (χ4v) is 4.57. The number of hydrogen-bond acceptors (Lipinski definition) is 5. The van der Waals surface area contributed by atoms with Crippen molar-refractivity contribution in [2.24, 2.45) is 0 Å². The molecule has 0 radical (unpaired) electrons. The fraction of sp³-hybridized carbons (Fsp3) is 0.286. The van der Waals surface area contributed by atoms with Gasteiger partial charge in [0, 0.05) is 17.1 Å². The Bertz CT molecular complexity index is 1050. The lowest BCUT2D eigenvalue weighted by molar-refractivity contribution is -0.116. The maximum absolute atomic E-state index is 13.3. The van der Waals surface area contributed by atoms with E-state index in [0.29, 0.717) is 15.9 Å². The van der Waals surface area contributed by atoms with Gasteiger partial charge in [-0.15, -0.1) is 10.2 Å². The molecular weight excluding hydrogens is 406 g/mol. The van der Waals surface area contributed by atoms with Crippen molar-refractivity contribution in [1.82, 2.24) is 14.9 Å². The van der Waals surface area contributed by atoms with Crippen LogP contribution in [-0.2, 0) is 11.2 Å². The molecule has 6 nitrogen and oxygen atoms in total. The van der Waals surface area contributed by atoms with Crippen LogP contribution in [0.2, 0.25) is 5.02 Å². The summed E-state index contributed by atoms with van der Waals surface area (Å²) in [5.41, 5.74) is 7.23. The van der Waals surface area contributed by atoms with E-state index in [1.807, 2.05) is 43.6 Å².